The number of thiazole rings is 1. The molecule has 0 spiro atoms. The molecular formula is C16H27N3S. The quantitative estimate of drug-likeness (QED) is 0.899. The Bertz CT molecular complexity index is 443. The van der Waals surface area contributed by atoms with Crippen molar-refractivity contribution in [2.24, 2.45) is 11.8 Å². The summed E-state index contributed by atoms with van der Waals surface area (Å²) >= 11 is 1.92. The number of anilines is 1. The zero-order valence-corrected chi connectivity index (χ0v) is 13.8. The van der Waals surface area contributed by atoms with Crippen LogP contribution in [0.5, 0.6) is 0 Å². The predicted molar refractivity (Wildman–Crippen MR) is 86.6 cm³/mol. The fourth-order valence-corrected chi connectivity index (χ4v) is 4.90. The second-order valence-electron chi connectivity index (χ2n) is 6.60. The topological polar surface area (TPSA) is 28.2 Å². The Morgan fingerprint density at radius 3 is 2.60 bits per heavy atom. The van der Waals surface area contributed by atoms with Crippen molar-refractivity contribution in [2.75, 3.05) is 24.5 Å². The van der Waals surface area contributed by atoms with Crippen LogP contribution in [0.1, 0.15) is 56.5 Å². The molecule has 0 radical (unpaired) electrons. The first-order chi connectivity index (χ1) is 9.69. The molecule has 1 N–H and O–H groups in total. The SMILES string of the molecule is CCNCc1sc(N2CC3CCCC3C2)nc1C(C)C. The molecule has 2 atom stereocenters. The molecule has 112 valence electrons. The molecule has 1 aromatic rings. The average Bonchev–Trinajstić information content (AvgIpc) is 3.08. The summed E-state index contributed by atoms with van der Waals surface area (Å²) in [5.74, 6) is 2.41. The summed E-state index contributed by atoms with van der Waals surface area (Å²) in [5.41, 5.74) is 1.31. The van der Waals surface area contributed by atoms with Gasteiger partial charge < -0.3 is 10.2 Å². The maximum atomic E-state index is 4.98. The largest absolute Gasteiger partial charge is 0.348 e. The molecule has 0 amide bonds. The number of rotatable bonds is 5. The highest BCUT2D eigenvalue weighted by atomic mass is 32.1. The van der Waals surface area contributed by atoms with Gasteiger partial charge in [-0.05, 0) is 37.1 Å². The Labute approximate surface area is 126 Å². The van der Waals surface area contributed by atoms with Gasteiger partial charge in [-0.1, -0.05) is 27.2 Å². The van der Waals surface area contributed by atoms with E-state index in [1.807, 2.05) is 11.3 Å². The smallest absolute Gasteiger partial charge is 0.185 e. The van der Waals surface area contributed by atoms with E-state index in [0.717, 1.165) is 24.9 Å². The lowest BCUT2D eigenvalue weighted by Crippen LogP contribution is -2.20. The van der Waals surface area contributed by atoms with Gasteiger partial charge in [-0.25, -0.2) is 4.98 Å². The molecule has 2 unspecified atom stereocenters. The van der Waals surface area contributed by atoms with E-state index in [-0.39, 0.29) is 0 Å². The van der Waals surface area contributed by atoms with Gasteiger partial charge in [0.1, 0.15) is 0 Å². The minimum absolute atomic E-state index is 0.524. The summed E-state index contributed by atoms with van der Waals surface area (Å²) in [6.07, 6.45) is 4.33. The van der Waals surface area contributed by atoms with Gasteiger partial charge >= 0.3 is 0 Å². The standard InChI is InChI=1S/C16H27N3S/c1-4-17-8-14-15(11(2)3)18-16(20-14)19-9-12-6-5-7-13(12)10-19/h11-13,17H,4-10H2,1-3H3. The second-order valence-corrected chi connectivity index (χ2v) is 7.66. The molecule has 2 fully saturated rings. The van der Waals surface area contributed by atoms with E-state index in [1.54, 1.807) is 0 Å². The first-order valence-corrected chi connectivity index (χ1v) is 8.96. The third kappa shape index (κ3) is 2.73. The van der Waals surface area contributed by atoms with Crippen LogP contribution in [0.15, 0.2) is 0 Å². The van der Waals surface area contributed by atoms with Crippen LogP contribution >= 0.6 is 11.3 Å². The summed E-state index contributed by atoms with van der Waals surface area (Å²) < 4.78 is 0. The molecule has 1 aliphatic heterocycles. The predicted octanol–water partition coefficient (Wildman–Crippen LogP) is 3.61. The summed E-state index contributed by atoms with van der Waals surface area (Å²) in [5, 5.41) is 4.73. The lowest BCUT2D eigenvalue weighted by Gasteiger charge is -2.15. The number of fused-ring (bicyclic) bond motifs is 1. The lowest BCUT2D eigenvalue weighted by molar-refractivity contribution is 0.494. The Morgan fingerprint density at radius 1 is 1.30 bits per heavy atom. The van der Waals surface area contributed by atoms with Crippen LogP contribution in [0.2, 0.25) is 0 Å². The second kappa shape index (κ2) is 6.02. The zero-order chi connectivity index (χ0) is 14.1. The molecule has 1 saturated heterocycles. The molecule has 1 saturated carbocycles. The molecular weight excluding hydrogens is 266 g/mol. The third-order valence-electron chi connectivity index (χ3n) is 4.80. The van der Waals surface area contributed by atoms with Gasteiger partial charge in [-0.15, -0.1) is 11.3 Å². The molecule has 20 heavy (non-hydrogen) atoms. The van der Waals surface area contributed by atoms with Gasteiger partial charge in [0.05, 0.1) is 5.69 Å². The first-order valence-electron chi connectivity index (χ1n) is 8.14. The van der Waals surface area contributed by atoms with Crippen LogP contribution in [-0.4, -0.2) is 24.6 Å². The van der Waals surface area contributed by atoms with Gasteiger partial charge in [0.15, 0.2) is 5.13 Å². The fraction of sp³-hybridized carbons (Fsp3) is 0.812. The molecule has 0 bridgehead atoms. The number of nitrogens with zero attached hydrogens (tertiary/aromatic N) is 2. The third-order valence-corrected chi connectivity index (χ3v) is 5.93. The van der Waals surface area contributed by atoms with E-state index in [9.17, 15) is 0 Å². The van der Waals surface area contributed by atoms with Crippen LogP contribution in [-0.2, 0) is 6.54 Å². The monoisotopic (exact) mass is 293 g/mol. The van der Waals surface area contributed by atoms with Gasteiger partial charge in [0.25, 0.3) is 0 Å². The van der Waals surface area contributed by atoms with E-state index < -0.39 is 0 Å². The van der Waals surface area contributed by atoms with E-state index in [4.69, 9.17) is 4.98 Å². The average molecular weight is 293 g/mol. The van der Waals surface area contributed by atoms with Crippen molar-refractivity contribution >= 4 is 16.5 Å². The van der Waals surface area contributed by atoms with Crippen LogP contribution in [0.25, 0.3) is 0 Å². The summed E-state index contributed by atoms with van der Waals surface area (Å²) in [6, 6.07) is 0. The Hall–Kier alpha value is -0.610. The highest BCUT2D eigenvalue weighted by Gasteiger charge is 2.37. The van der Waals surface area contributed by atoms with Gasteiger partial charge in [-0.3, -0.25) is 0 Å². The first kappa shape index (κ1) is 14.3. The van der Waals surface area contributed by atoms with Crippen molar-refractivity contribution in [3.05, 3.63) is 10.6 Å². The number of hydrogen-bond donors (Lipinski definition) is 1. The maximum Gasteiger partial charge on any atom is 0.185 e. The number of aromatic nitrogens is 1. The summed E-state index contributed by atoms with van der Waals surface area (Å²) in [6.45, 7) is 11.2. The van der Waals surface area contributed by atoms with Crippen molar-refractivity contribution in [1.82, 2.24) is 10.3 Å². The highest BCUT2D eigenvalue weighted by Crippen LogP contribution is 2.41. The number of nitrogens with one attached hydrogen (secondary N) is 1. The Balaban J connectivity index is 1.76. The molecule has 4 heteroatoms. The lowest BCUT2D eigenvalue weighted by atomic mass is 10.0. The maximum absolute atomic E-state index is 4.98. The van der Waals surface area contributed by atoms with Crippen LogP contribution in [0.3, 0.4) is 0 Å². The Morgan fingerprint density at radius 2 is 2.00 bits per heavy atom. The summed E-state index contributed by atoms with van der Waals surface area (Å²) in [7, 11) is 0. The minimum Gasteiger partial charge on any atom is -0.348 e. The fourth-order valence-electron chi connectivity index (χ4n) is 3.69. The van der Waals surface area contributed by atoms with Crippen molar-refractivity contribution in [1.29, 1.82) is 0 Å². The molecule has 0 aromatic carbocycles. The van der Waals surface area contributed by atoms with Crippen molar-refractivity contribution < 1.29 is 0 Å². The molecule has 3 nitrogen and oxygen atoms in total. The highest BCUT2D eigenvalue weighted by molar-refractivity contribution is 7.15. The molecule has 2 aliphatic rings. The Kier molecular flexibility index (Phi) is 4.32. The summed E-state index contributed by atoms with van der Waals surface area (Å²) in [4.78, 5) is 8.97. The van der Waals surface area contributed by atoms with Crippen LogP contribution < -0.4 is 10.2 Å². The van der Waals surface area contributed by atoms with E-state index >= 15 is 0 Å². The van der Waals surface area contributed by atoms with Gasteiger partial charge in [-0.2, -0.15) is 0 Å². The number of hydrogen-bond acceptors (Lipinski definition) is 4. The van der Waals surface area contributed by atoms with Crippen molar-refractivity contribution in [2.45, 2.75) is 52.5 Å². The van der Waals surface area contributed by atoms with Crippen LogP contribution in [0.4, 0.5) is 5.13 Å². The van der Waals surface area contributed by atoms with E-state index in [0.29, 0.717) is 5.92 Å². The molecule has 1 aliphatic carbocycles. The zero-order valence-electron chi connectivity index (χ0n) is 13.0. The normalized spacial score (nSPS) is 25.7. The van der Waals surface area contributed by atoms with Crippen molar-refractivity contribution in [3.63, 3.8) is 0 Å². The van der Waals surface area contributed by atoms with Crippen LogP contribution in [0, 0.1) is 11.8 Å². The van der Waals surface area contributed by atoms with E-state index in [1.165, 1.54) is 48.1 Å². The molecule has 2 heterocycles. The van der Waals surface area contributed by atoms with Crippen molar-refractivity contribution in [3.8, 4) is 0 Å². The van der Waals surface area contributed by atoms with Gasteiger partial charge in [0.2, 0.25) is 0 Å². The minimum atomic E-state index is 0.524. The molecule has 3 rings (SSSR count). The molecule has 1 aromatic heterocycles. The van der Waals surface area contributed by atoms with E-state index in [2.05, 4.69) is 31.0 Å². The van der Waals surface area contributed by atoms with Gasteiger partial charge in [0, 0.05) is 24.5 Å².